The zero-order chi connectivity index (χ0) is 15.5. The van der Waals surface area contributed by atoms with Crippen LogP contribution in [0.1, 0.15) is 38.2 Å². The Balaban J connectivity index is 1.37. The third-order valence-corrected chi connectivity index (χ3v) is 5.57. The average Bonchev–Trinajstić information content (AvgIpc) is 3.15. The first-order valence-electron chi connectivity index (χ1n) is 8.72. The van der Waals surface area contributed by atoms with Crippen LogP contribution in [0, 0.1) is 24.7 Å². The maximum absolute atomic E-state index is 10.1. The number of hydrogen-bond acceptors (Lipinski definition) is 3. The minimum atomic E-state index is -0.456. The molecule has 0 spiro atoms. The Bertz CT molecular complexity index is 473. The molecule has 0 radical (unpaired) electrons. The summed E-state index contributed by atoms with van der Waals surface area (Å²) in [4.78, 5) is 0. The van der Waals surface area contributed by atoms with Gasteiger partial charge in [-0.3, -0.25) is 0 Å². The van der Waals surface area contributed by atoms with Gasteiger partial charge in [0.15, 0.2) is 0 Å². The van der Waals surface area contributed by atoms with Gasteiger partial charge < -0.3 is 15.2 Å². The molecule has 1 aromatic carbocycles. The molecule has 122 valence electrons. The molecule has 2 fully saturated rings. The SMILES string of the molecule is Cc1ccc(OC[C@H](O)CN[C@H](C)[C@@H]2C[C@@H]3CC[C@@H]2C3)cc1. The summed E-state index contributed by atoms with van der Waals surface area (Å²) in [5, 5.41) is 13.6. The van der Waals surface area contributed by atoms with Crippen LogP contribution >= 0.6 is 0 Å². The van der Waals surface area contributed by atoms with Crippen LogP contribution in [0.15, 0.2) is 24.3 Å². The smallest absolute Gasteiger partial charge is 0.119 e. The number of hydrogen-bond donors (Lipinski definition) is 2. The van der Waals surface area contributed by atoms with E-state index in [4.69, 9.17) is 4.74 Å². The molecule has 0 aromatic heterocycles. The molecule has 2 aliphatic carbocycles. The molecule has 0 aliphatic heterocycles. The van der Waals surface area contributed by atoms with Crippen LogP contribution in [0.25, 0.3) is 0 Å². The van der Waals surface area contributed by atoms with E-state index in [1.807, 2.05) is 24.3 Å². The fourth-order valence-electron chi connectivity index (χ4n) is 4.27. The summed E-state index contributed by atoms with van der Waals surface area (Å²) in [5.74, 6) is 3.54. The summed E-state index contributed by atoms with van der Waals surface area (Å²) < 4.78 is 5.64. The Labute approximate surface area is 134 Å². The van der Waals surface area contributed by atoms with Gasteiger partial charge in [0, 0.05) is 12.6 Å². The molecule has 0 heterocycles. The maximum Gasteiger partial charge on any atom is 0.119 e. The number of benzene rings is 1. The Morgan fingerprint density at radius 3 is 2.64 bits per heavy atom. The normalized spacial score (nSPS) is 29.5. The summed E-state index contributed by atoms with van der Waals surface area (Å²) in [6, 6.07) is 8.46. The highest BCUT2D eigenvalue weighted by Crippen LogP contribution is 2.49. The van der Waals surface area contributed by atoms with E-state index in [9.17, 15) is 5.11 Å². The number of fused-ring (bicyclic) bond motifs is 2. The lowest BCUT2D eigenvalue weighted by molar-refractivity contribution is 0.0993. The Morgan fingerprint density at radius 2 is 2.00 bits per heavy atom. The highest BCUT2D eigenvalue weighted by atomic mass is 16.5. The summed E-state index contributed by atoms with van der Waals surface area (Å²) >= 11 is 0. The Kier molecular flexibility index (Phi) is 5.04. The molecule has 2 N–H and O–H groups in total. The van der Waals surface area contributed by atoms with Crippen LogP contribution in [-0.4, -0.2) is 30.4 Å². The lowest BCUT2D eigenvalue weighted by Gasteiger charge is -2.29. The zero-order valence-corrected chi connectivity index (χ0v) is 13.8. The summed E-state index contributed by atoms with van der Waals surface area (Å²) in [5.41, 5.74) is 1.22. The standard InChI is InChI=1S/C19H29NO2/c1-13-3-7-18(8-4-13)22-12-17(21)11-20-14(2)19-10-15-5-6-16(19)9-15/h3-4,7-8,14-17,19-21H,5-6,9-12H2,1-2H3/t14-,15-,16-,17-,19+/m1/s1. The van der Waals surface area contributed by atoms with Gasteiger partial charge in [0.1, 0.15) is 18.5 Å². The quantitative estimate of drug-likeness (QED) is 0.813. The second kappa shape index (κ2) is 7.01. The highest BCUT2D eigenvalue weighted by molar-refractivity contribution is 5.26. The molecule has 5 atom stereocenters. The van der Waals surface area contributed by atoms with Crippen LogP contribution in [0.3, 0.4) is 0 Å². The van der Waals surface area contributed by atoms with E-state index < -0.39 is 6.10 Å². The van der Waals surface area contributed by atoms with Crippen LogP contribution in [0.5, 0.6) is 5.75 Å². The van der Waals surface area contributed by atoms with Crippen LogP contribution in [-0.2, 0) is 0 Å². The van der Waals surface area contributed by atoms with Crippen molar-refractivity contribution in [2.45, 2.75) is 51.7 Å². The average molecular weight is 303 g/mol. The van der Waals surface area contributed by atoms with Crippen molar-refractivity contribution < 1.29 is 9.84 Å². The number of rotatable bonds is 7. The van der Waals surface area contributed by atoms with Crippen molar-refractivity contribution in [1.29, 1.82) is 0 Å². The van der Waals surface area contributed by atoms with Gasteiger partial charge in [0.05, 0.1) is 0 Å². The number of aliphatic hydroxyl groups is 1. The van der Waals surface area contributed by atoms with Gasteiger partial charge in [-0.1, -0.05) is 24.1 Å². The van der Waals surface area contributed by atoms with Crippen molar-refractivity contribution in [3.05, 3.63) is 29.8 Å². The molecule has 3 rings (SSSR count). The predicted octanol–water partition coefficient (Wildman–Crippen LogP) is 3.15. The van der Waals surface area contributed by atoms with Crippen molar-refractivity contribution in [3.8, 4) is 5.75 Å². The van der Waals surface area contributed by atoms with E-state index in [2.05, 4.69) is 19.2 Å². The monoisotopic (exact) mass is 303 g/mol. The third-order valence-electron chi connectivity index (χ3n) is 5.57. The lowest BCUT2D eigenvalue weighted by Crippen LogP contribution is -2.41. The van der Waals surface area contributed by atoms with Crippen LogP contribution < -0.4 is 10.1 Å². The summed E-state index contributed by atoms with van der Waals surface area (Å²) in [7, 11) is 0. The molecule has 3 nitrogen and oxygen atoms in total. The van der Waals surface area contributed by atoms with Crippen LogP contribution in [0.4, 0.5) is 0 Å². The largest absolute Gasteiger partial charge is 0.491 e. The Hall–Kier alpha value is -1.06. The first-order chi connectivity index (χ1) is 10.6. The van der Waals surface area contributed by atoms with Gasteiger partial charge in [0.2, 0.25) is 0 Å². The van der Waals surface area contributed by atoms with E-state index in [1.54, 1.807) is 0 Å². The first-order valence-corrected chi connectivity index (χ1v) is 8.72. The van der Waals surface area contributed by atoms with Crippen LogP contribution in [0.2, 0.25) is 0 Å². The minimum Gasteiger partial charge on any atom is -0.491 e. The molecule has 2 bridgehead atoms. The van der Waals surface area contributed by atoms with E-state index in [1.165, 1.54) is 31.2 Å². The van der Waals surface area contributed by atoms with Crippen molar-refractivity contribution in [3.63, 3.8) is 0 Å². The number of nitrogens with one attached hydrogen (secondary N) is 1. The lowest BCUT2D eigenvalue weighted by atomic mass is 9.84. The molecule has 3 heteroatoms. The van der Waals surface area contributed by atoms with E-state index in [0.29, 0.717) is 19.2 Å². The second-order valence-corrected chi connectivity index (χ2v) is 7.31. The zero-order valence-electron chi connectivity index (χ0n) is 13.8. The van der Waals surface area contributed by atoms with Gasteiger partial charge in [-0.2, -0.15) is 0 Å². The van der Waals surface area contributed by atoms with Crippen molar-refractivity contribution in [2.24, 2.45) is 17.8 Å². The topological polar surface area (TPSA) is 41.5 Å². The number of aryl methyl sites for hydroxylation is 1. The molecule has 0 amide bonds. The predicted molar refractivity (Wildman–Crippen MR) is 89.1 cm³/mol. The molecular formula is C19H29NO2. The van der Waals surface area contributed by atoms with E-state index in [-0.39, 0.29) is 0 Å². The fraction of sp³-hybridized carbons (Fsp3) is 0.684. The molecule has 0 unspecified atom stereocenters. The number of aliphatic hydroxyl groups excluding tert-OH is 1. The number of ether oxygens (including phenoxy) is 1. The first kappa shape index (κ1) is 15.8. The van der Waals surface area contributed by atoms with Gasteiger partial charge >= 0.3 is 0 Å². The molecule has 0 saturated heterocycles. The molecule has 22 heavy (non-hydrogen) atoms. The van der Waals surface area contributed by atoms with Crippen molar-refractivity contribution >= 4 is 0 Å². The van der Waals surface area contributed by atoms with Gasteiger partial charge in [0.25, 0.3) is 0 Å². The molecule has 1 aromatic rings. The van der Waals surface area contributed by atoms with Crippen molar-refractivity contribution in [2.75, 3.05) is 13.2 Å². The summed E-state index contributed by atoms with van der Waals surface area (Å²) in [6.45, 7) is 5.29. The second-order valence-electron chi connectivity index (χ2n) is 7.31. The molecular weight excluding hydrogens is 274 g/mol. The summed E-state index contributed by atoms with van der Waals surface area (Å²) in [6.07, 6.45) is 5.23. The van der Waals surface area contributed by atoms with Gasteiger partial charge in [-0.05, 0) is 63.0 Å². The van der Waals surface area contributed by atoms with Gasteiger partial charge in [-0.25, -0.2) is 0 Å². The third kappa shape index (κ3) is 3.82. The fourth-order valence-corrected chi connectivity index (χ4v) is 4.27. The van der Waals surface area contributed by atoms with Gasteiger partial charge in [-0.15, -0.1) is 0 Å². The molecule has 2 aliphatic rings. The highest BCUT2D eigenvalue weighted by Gasteiger charge is 2.41. The van der Waals surface area contributed by atoms with E-state index in [0.717, 1.165) is 23.5 Å². The maximum atomic E-state index is 10.1. The molecule has 2 saturated carbocycles. The van der Waals surface area contributed by atoms with E-state index >= 15 is 0 Å². The minimum absolute atomic E-state index is 0.347. The Morgan fingerprint density at radius 1 is 1.23 bits per heavy atom. The van der Waals surface area contributed by atoms with Crippen molar-refractivity contribution in [1.82, 2.24) is 5.32 Å².